The number of furan rings is 1. The molecule has 29 heavy (non-hydrogen) atoms. The van der Waals surface area contributed by atoms with Crippen LogP contribution >= 0.6 is 0 Å². The van der Waals surface area contributed by atoms with E-state index in [0.29, 0.717) is 53.3 Å². The fraction of sp³-hybridized carbons (Fsp3) is 0.250. The van der Waals surface area contributed by atoms with E-state index in [1.165, 1.54) is 16.8 Å². The van der Waals surface area contributed by atoms with E-state index >= 15 is 0 Å². The molecule has 1 N–H and O–H groups in total. The van der Waals surface area contributed by atoms with Gasteiger partial charge in [0.05, 0.1) is 21.9 Å². The highest BCUT2D eigenvalue weighted by Gasteiger charge is 2.29. The van der Waals surface area contributed by atoms with Crippen LogP contribution in [-0.2, 0) is 6.42 Å². The summed E-state index contributed by atoms with van der Waals surface area (Å²) in [6, 6.07) is 7.52. The number of rotatable bonds is 4. The van der Waals surface area contributed by atoms with Crippen LogP contribution in [0.25, 0.3) is 5.69 Å². The van der Waals surface area contributed by atoms with Crippen molar-refractivity contribution in [1.82, 2.24) is 9.78 Å². The predicted octanol–water partition coefficient (Wildman–Crippen LogP) is 3.76. The minimum atomic E-state index is -0.483. The molecule has 2 heterocycles. The quantitative estimate of drug-likeness (QED) is 0.531. The third kappa shape index (κ3) is 3.31. The zero-order valence-corrected chi connectivity index (χ0v) is 15.9. The summed E-state index contributed by atoms with van der Waals surface area (Å²) in [4.78, 5) is 35.4. The van der Waals surface area contributed by atoms with Gasteiger partial charge in [-0.2, -0.15) is 5.10 Å². The number of benzene rings is 1. The number of Topliss-reactive ketones (excluding diaryl/α,β-unsaturated/α-hetero) is 1. The van der Waals surface area contributed by atoms with E-state index in [-0.39, 0.29) is 17.2 Å². The van der Waals surface area contributed by atoms with E-state index < -0.39 is 10.8 Å². The minimum Gasteiger partial charge on any atom is -0.455 e. The molecule has 4 rings (SSSR count). The lowest BCUT2D eigenvalue weighted by atomic mass is 9.94. The number of hydrogen-bond acceptors (Lipinski definition) is 6. The number of aryl methyl sites for hydroxylation is 2. The number of fused-ring (bicyclic) bond motifs is 1. The van der Waals surface area contributed by atoms with Crippen LogP contribution in [0.2, 0.25) is 0 Å². The highest BCUT2D eigenvalue weighted by Crippen LogP contribution is 2.30. The molecule has 9 nitrogen and oxygen atoms in total. The second-order valence-electron chi connectivity index (χ2n) is 6.94. The normalized spacial score (nSPS) is 13.2. The Kier molecular flexibility index (Phi) is 4.50. The number of nitro groups is 1. The Bertz CT molecular complexity index is 1140. The summed E-state index contributed by atoms with van der Waals surface area (Å²) in [6.45, 7) is 3.48. The van der Waals surface area contributed by atoms with Crippen LogP contribution in [-0.4, -0.2) is 26.4 Å². The molecule has 0 fully saturated rings. The number of nitrogens with zero attached hydrogens (tertiary/aromatic N) is 3. The van der Waals surface area contributed by atoms with Gasteiger partial charge in [0.25, 0.3) is 11.6 Å². The summed E-state index contributed by atoms with van der Waals surface area (Å²) in [7, 11) is 0. The summed E-state index contributed by atoms with van der Waals surface area (Å²) in [6.07, 6.45) is 1.81. The molecule has 0 saturated heterocycles. The fourth-order valence-electron chi connectivity index (χ4n) is 3.54. The smallest absolute Gasteiger partial charge is 0.292 e. The second-order valence-corrected chi connectivity index (χ2v) is 6.94. The van der Waals surface area contributed by atoms with Crippen molar-refractivity contribution in [2.24, 2.45) is 0 Å². The lowest BCUT2D eigenvalue weighted by molar-refractivity contribution is -0.384. The van der Waals surface area contributed by atoms with E-state index in [1.807, 2.05) is 0 Å². The van der Waals surface area contributed by atoms with Gasteiger partial charge in [0.2, 0.25) is 0 Å². The van der Waals surface area contributed by atoms with Gasteiger partial charge < -0.3 is 9.73 Å². The van der Waals surface area contributed by atoms with E-state index in [4.69, 9.17) is 4.42 Å². The highest BCUT2D eigenvalue weighted by molar-refractivity contribution is 6.07. The molecule has 3 aromatic rings. The van der Waals surface area contributed by atoms with Gasteiger partial charge in [-0.1, -0.05) is 0 Å². The molecule has 2 aromatic heterocycles. The molecule has 0 aliphatic heterocycles. The standard InChI is InChI=1S/C20H18N4O5/c1-11-10-17(23(22-11)13-6-8-14(9-7-13)24(27)28)21-20(26)19-12(2)18-15(25)4-3-5-16(18)29-19/h6-10H,3-5H2,1-2H3,(H,21,26). The van der Waals surface area contributed by atoms with Gasteiger partial charge in [0.15, 0.2) is 11.5 Å². The summed E-state index contributed by atoms with van der Waals surface area (Å²) >= 11 is 0. The van der Waals surface area contributed by atoms with Crippen LogP contribution in [0.5, 0.6) is 0 Å². The number of anilines is 1. The van der Waals surface area contributed by atoms with Crippen molar-refractivity contribution < 1.29 is 18.9 Å². The van der Waals surface area contributed by atoms with Crippen LogP contribution in [0.1, 0.15) is 50.8 Å². The molecule has 1 aliphatic carbocycles. The van der Waals surface area contributed by atoms with Gasteiger partial charge in [0, 0.05) is 36.6 Å². The molecular weight excluding hydrogens is 376 g/mol. The van der Waals surface area contributed by atoms with Crippen LogP contribution in [0, 0.1) is 24.0 Å². The highest BCUT2D eigenvalue weighted by atomic mass is 16.6. The first-order valence-electron chi connectivity index (χ1n) is 9.13. The van der Waals surface area contributed by atoms with Gasteiger partial charge in [-0.25, -0.2) is 4.68 Å². The predicted molar refractivity (Wildman–Crippen MR) is 104 cm³/mol. The number of nitro benzene ring substituents is 1. The van der Waals surface area contributed by atoms with Crippen LogP contribution in [0.4, 0.5) is 11.5 Å². The Morgan fingerprint density at radius 3 is 2.62 bits per heavy atom. The summed E-state index contributed by atoms with van der Waals surface area (Å²) in [5.41, 5.74) is 2.24. The third-order valence-electron chi connectivity index (χ3n) is 4.89. The van der Waals surface area contributed by atoms with Gasteiger partial charge in [-0.15, -0.1) is 0 Å². The largest absolute Gasteiger partial charge is 0.455 e. The molecule has 1 aliphatic rings. The number of carbonyl (C=O) groups excluding carboxylic acids is 2. The molecule has 0 saturated carbocycles. The Balaban J connectivity index is 1.65. The number of carbonyl (C=O) groups is 2. The first kappa shape index (κ1) is 18.6. The summed E-state index contributed by atoms with van der Waals surface area (Å²) in [5.74, 6) is 0.579. The number of amides is 1. The number of nitrogens with one attached hydrogen (secondary N) is 1. The SMILES string of the molecule is Cc1cc(NC(=O)c2oc3c(c2C)C(=O)CCC3)n(-c2ccc([N+](=O)[O-])cc2)n1. The molecular formula is C20H18N4O5. The average Bonchev–Trinajstić information content (AvgIpc) is 3.22. The fourth-order valence-corrected chi connectivity index (χ4v) is 3.54. The number of non-ortho nitro benzene ring substituents is 1. The summed E-state index contributed by atoms with van der Waals surface area (Å²) < 4.78 is 7.18. The van der Waals surface area contributed by atoms with Crippen molar-refractivity contribution >= 4 is 23.2 Å². The lowest BCUT2D eigenvalue weighted by Gasteiger charge is -2.08. The molecule has 148 valence electrons. The molecule has 9 heteroatoms. The first-order valence-corrected chi connectivity index (χ1v) is 9.13. The molecule has 0 atom stereocenters. The Labute approximate surface area is 165 Å². The number of hydrogen-bond donors (Lipinski definition) is 1. The third-order valence-corrected chi connectivity index (χ3v) is 4.89. The van der Waals surface area contributed by atoms with E-state index in [2.05, 4.69) is 10.4 Å². The lowest BCUT2D eigenvalue weighted by Crippen LogP contribution is -2.16. The Morgan fingerprint density at radius 2 is 1.97 bits per heavy atom. The molecule has 0 bridgehead atoms. The van der Waals surface area contributed by atoms with E-state index in [0.717, 1.165) is 0 Å². The van der Waals surface area contributed by atoms with Crippen LogP contribution < -0.4 is 5.32 Å². The maximum atomic E-state index is 12.8. The van der Waals surface area contributed by atoms with Gasteiger partial charge in [-0.3, -0.25) is 19.7 Å². The van der Waals surface area contributed by atoms with Crippen LogP contribution in [0.3, 0.4) is 0 Å². The molecule has 0 spiro atoms. The number of aromatic nitrogens is 2. The molecule has 1 amide bonds. The maximum absolute atomic E-state index is 12.8. The van der Waals surface area contributed by atoms with Crippen molar-refractivity contribution in [3.63, 3.8) is 0 Å². The Morgan fingerprint density at radius 1 is 1.24 bits per heavy atom. The van der Waals surface area contributed by atoms with E-state index in [9.17, 15) is 19.7 Å². The topological polar surface area (TPSA) is 120 Å². The first-order chi connectivity index (χ1) is 13.8. The van der Waals surface area contributed by atoms with Gasteiger partial charge >= 0.3 is 0 Å². The van der Waals surface area contributed by atoms with Crippen LogP contribution in [0.15, 0.2) is 34.7 Å². The van der Waals surface area contributed by atoms with Crippen molar-refractivity contribution in [3.05, 3.63) is 68.8 Å². The van der Waals surface area contributed by atoms with Crippen molar-refractivity contribution in [3.8, 4) is 5.69 Å². The second kappa shape index (κ2) is 7.01. The van der Waals surface area contributed by atoms with Crippen molar-refractivity contribution in [2.75, 3.05) is 5.32 Å². The maximum Gasteiger partial charge on any atom is 0.292 e. The Hall–Kier alpha value is -3.75. The van der Waals surface area contributed by atoms with Crippen molar-refractivity contribution in [2.45, 2.75) is 33.1 Å². The zero-order chi connectivity index (χ0) is 20.7. The van der Waals surface area contributed by atoms with Crippen molar-refractivity contribution in [1.29, 1.82) is 0 Å². The minimum absolute atomic E-state index is 0.00156. The summed E-state index contributed by atoms with van der Waals surface area (Å²) in [5, 5.41) is 18.0. The van der Waals surface area contributed by atoms with E-state index in [1.54, 1.807) is 32.0 Å². The molecule has 1 aromatic carbocycles. The zero-order valence-electron chi connectivity index (χ0n) is 15.9. The molecule has 0 radical (unpaired) electrons. The van der Waals surface area contributed by atoms with Gasteiger partial charge in [0.1, 0.15) is 11.6 Å². The average molecular weight is 394 g/mol. The number of ketones is 1. The van der Waals surface area contributed by atoms with Gasteiger partial charge in [-0.05, 0) is 32.4 Å². The monoisotopic (exact) mass is 394 g/mol. The molecule has 0 unspecified atom stereocenters.